The van der Waals surface area contributed by atoms with Crippen molar-refractivity contribution in [2.45, 2.75) is 16.7 Å². The van der Waals surface area contributed by atoms with Gasteiger partial charge in [-0.25, -0.2) is 0 Å². The maximum atomic E-state index is 12.8. The molecule has 152 valence electrons. The maximum Gasteiger partial charge on any atom is 0.287 e. The summed E-state index contributed by atoms with van der Waals surface area (Å²) in [5, 5.41) is 3.02. The van der Waals surface area contributed by atoms with E-state index in [1.165, 1.54) is 0 Å². The predicted molar refractivity (Wildman–Crippen MR) is 116 cm³/mol. The van der Waals surface area contributed by atoms with Crippen molar-refractivity contribution in [3.05, 3.63) is 83.8 Å². The molecule has 0 fully saturated rings. The van der Waals surface area contributed by atoms with Gasteiger partial charge in [0.1, 0.15) is 5.75 Å². The van der Waals surface area contributed by atoms with Crippen LogP contribution in [0, 0.1) is 0 Å². The molecule has 29 heavy (non-hydrogen) atoms. The van der Waals surface area contributed by atoms with Crippen LogP contribution >= 0.6 is 11.8 Å². The quantitative estimate of drug-likeness (QED) is 0.522. The largest absolute Gasteiger partial charge is 0.497 e. The van der Waals surface area contributed by atoms with E-state index in [0.717, 1.165) is 21.8 Å². The summed E-state index contributed by atoms with van der Waals surface area (Å²) in [5.41, 5.74) is 1.97. The Morgan fingerprint density at radius 1 is 1.14 bits per heavy atom. The van der Waals surface area contributed by atoms with Gasteiger partial charge >= 0.3 is 0 Å². The molecular formula is C23H26N2O3S. The number of hydrogen-bond donors (Lipinski definition) is 1. The second-order valence-corrected chi connectivity index (χ2v) is 7.89. The number of hydrogen-bond acceptors (Lipinski definition) is 5. The van der Waals surface area contributed by atoms with Crippen LogP contribution in [0.1, 0.15) is 27.7 Å². The monoisotopic (exact) mass is 410 g/mol. The van der Waals surface area contributed by atoms with Gasteiger partial charge in [-0.15, -0.1) is 11.8 Å². The first-order valence-corrected chi connectivity index (χ1v) is 10.4. The van der Waals surface area contributed by atoms with Gasteiger partial charge in [-0.2, -0.15) is 0 Å². The SMILES string of the molecule is COc1cccc(C(CNC(=O)c2occc2CSc2ccccc2)N(C)C)c1. The molecule has 1 aromatic heterocycles. The smallest absolute Gasteiger partial charge is 0.287 e. The van der Waals surface area contributed by atoms with Crippen LogP contribution in [-0.2, 0) is 5.75 Å². The van der Waals surface area contributed by atoms with Crippen molar-refractivity contribution >= 4 is 17.7 Å². The number of ether oxygens (including phenoxy) is 1. The molecule has 3 aromatic rings. The topological polar surface area (TPSA) is 54.7 Å². The third-order valence-corrected chi connectivity index (χ3v) is 5.71. The van der Waals surface area contributed by atoms with Crippen molar-refractivity contribution in [1.29, 1.82) is 0 Å². The average Bonchev–Trinajstić information content (AvgIpc) is 3.22. The Labute approximate surface area is 176 Å². The first kappa shape index (κ1) is 21.0. The number of thioether (sulfide) groups is 1. The van der Waals surface area contributed by atoms with Crippen molar-refractivity contribution in [2.24, 2.45) is 0 Å². The van der Waals surface area contributed by atoms with Gasteiger partial charge in [0.2, 0.25) is 0 Å². The van der Waals surface area contributed by atoms with E-state index >= 15 is 0 Å². The van der Waals surface area contributed by atoms with Crippen molar-refractivity contribution in [2.75, 3.05) is 27.7 Å². The summed E-state index contributed by atoms with van der Waals surface area (Å²) in [6.07, 6.45) is 1.57. The van der Waals surface area contributed by atoms with E-state index in [9.17, 15) is 4.79 Å². The fourth-order valence-corrected chi connectivity index (χ4v) is 3.94. The van der Waals surface area contributed by atoms with Gasteiger partial charge < -0.3 is 19.4 Å². The molecule has 1 atom stereocenters. The lowest BCUT2D eigenvalue weighted by Gasteiger charge is -2.25. The van der Waals surface area contributed by atoms with Crippen LogP contribution in [0.2, 0.25) is 0 Å². The maximum absolute atomic E-state index is 12.8. The number of furan rings is 1. The summed E-state index contributed by atoms with van der Waals surface area (Å²) in [5.74, 6) is 1.65. The van der Waals surface area contributed by atoms with Crippen molar-refractivity contribution < 1.29 is 13.9 Å². The summed E-state index contributed by atoms with van der Waals surface area (Å²) in [6.45, 7) is 0.463. The zero-order chi connectivity index (χ0) is 20.6. The molecule has 0 spiro atoms. The zero-order valence-electron chi connectivity index (χ0n) is 16.9. The minimum Gasteiger partial charge on any atom is -0.497 e. The number of rotatable bonds is 9. The van der Waals surface area contributed by atoms with Crippen LogP contribution in [0.15, 0.2) is 76.2 Å². The zero-order valence-corrected chi connectivity index (χ0v) is 17.7. The molecule has 0 aliphatic rings. The van der Waals surface area contributed by atoms with E-state index in [-0.39, 0.29) is 11.9 Å². The van der Waals surface area contributed by atoms with Gasteiger partial charge in [-0.05, 0) is 50.0 Å². The number of carbonyl (C=O) groups excluding carboxylic acids is 1. The molecule has 3 rings (SSSR count). The molecule has 6 heteroatoms. The number of methoxy groups -OCH3 is 1. The molecule has 0 bridgehead atoms. The molecule has 1 heterocycles. The molecular weight excluding hydrogens is 384 g/mol. The standard InChI is InChI=1S/C23H26N2O3S/c1-25(2)21(17-8-7-9-19(14-17)27-3)15-24-23(26)22-18(12-13-28-22)16-29-20-10-5-4-6-11-20/h4-14,21H,15-16H2,1-3H3,(H,24,26). The van der Waals surface area contributed by atoms with Crippen LogP contribution in [0.5, 0.6) is 5.75 Å². The van der Waals surface area contributed by atoms with Gasteiger partial charge in [-0.3, -0.25) is 4.79 Å². The molecule has 1 unspecified atom stereocenters. The van der Waals surface area contributed by atoms with E-state index in [4.69, 9.17) is 9.15 Å². The number of amides is 1. The van der Waals surface area contributed by atoms with Gasteiger partial charge in [-0.1, -0.05) is 30.3 Å². The normalized spacial score (nSPS) is 12.0. The first-order chi connectivity index (χ1) is 14.1. The van der Waals surface area contributed by atoms with Crippen molar-refractivity contribution in [3.8, 4) is 5.75 Å². The summed E-state index contributed by atoms with van der Waals surface area (Å²) < 4.78 is 10.8. The lowest BCUT2D eigenvalue weighted by Crippen LogP contribution is -2.34. The lowest BCUT2D eigenvalue weighted by atomic mass is 10.1. The highest BCUT2D eigenvalue weighted by atomic mass is 32.2. The van der Waals surface area contributed by atoms with Crippen LogP contribution in [0.3, 0.4) is 0 Å². The number of nitrogens with one attached hydrogen (secondary N) is 1. The fraction of sp³-hybridized carbons (Fsp3) is 0.261. The Morgan fingerprint density at radius 3 is 2.66 bits per heavy atom. The molecule has 0 aliphatic heterocycles. The number of likely N-dealkylation sites (N-methyl/N-ethyl adjacent to an activating group) is 1. The van der Waals surface area contributed by atoms with Crippen molar-refractivity contribution in [3.63, 3.8) is 0 Å². The summed E-state index contributed by atoms with van der Waals surface area (Å²) in [7, 11) is 5.63. The fourth-order valence-electron chi connectivity index (χ4n) is 3.04. The van der Waals surface area contributed by atoms with E-state index in [2.05, 4.69) is 22.3 Å². The van der Waals surface area contributed by atoms with Crippen LogP contribution in [-0.4, -0.2) is 38.6 Å². The molecule has 1 amide bonds. The predicted octanol–water partition coefficient (Wildman–Crippen LogP) is 4.61. The summed E-state index contributed by atoms with van der Waals surface area (Å²) in [4.78, 5) is 16.0. The van der Waals surface area contributed by atoms with E-state index in [0.29, 0.717) is 18.1 Å². The number of nitrogens with zero attached hydrogens (tertiary/aromatic N) is 1. The van der Waals surface area contributed by atoms with Crippen LogP contribution < -0.4 is 10.1 Å². The highest BCUT2D eigenvalue weighted by Crippen LogP contribution is 2.25. The Hall–Kier alpha value is -2.70. The van der Waals surface area contributed by atoms with Gasteiger partial charge in [0.05, 0.1) is 19.4 Å². The van der Waals surface area contributed by atoms with Crippen LogP contribution in [0.25, 0.3) is 0 Å². The van der Waals surface area contributed by atoms with Gasteiger partial charge in [0, 0.05) is 22.8 Å². The molecule has 0 saturated heterocycles. The summed E-state index contributed by atoms with van der Waals surface area (Å²) >= 11 is 1.68. The van der Waals surface area contributed by atoms with E-state index < -0.39 is 0 Å². The Bertz CT molecular complexity index is 925. The second kappa shape index (κ2) is 10.2. The highest BCUT2D eigenvalue weighted by molar-refractivity contribution is 7.98. The van der Waals surface area contributed by atoms with Gasteiger partial charge in [0.25, 0.3) is 5.91 Å². The van der Waals surface area contributed by atoms with Gasteiger partial charge in [0.15, 0.2) is 5.76 Å². The number of carbonyl (C=O) groups is 1. The highest BCUT2D eigenvalue weighted by Gasteiger charge is 2.20. The van der Waals surface area contributed by atoms with E-state index in [1.807, 2.05) is 62.6 Å². The Morgan fingerprint density at radius 2 is 1.93 bits per heavy atom. The minimum atomic E-state index is -0.201. The molecule has 0 saturated carbocycles. The number of benzene rings is 2. The third kappa shape index (κ3) is 5.65. The van der Waals surface area contributed by atoms with Crippen LogP contribution in [0.4, 0.5) is 0 Å². The minimum absolute atomic E-state index is 0.0196. The molecule has 2 aromatic carbocycles. The third-order valence-electron chi connectivity index (χ3n) is 4.65. The molecule has 1 N–H and O–H groups in total. The van der Waals surface area contributed by atoms with Crippen molar-refractivity contribution in [1.82, 2.24) is 10.2 Å². The Kier molecular flexibility index (Phi) is 7.38. The van der Waals surface area contributed by atoms with E-state index in [1.54, 1.807) is 25.1 Å². The molecule has 0 radical (unpaired) electrons. The Balaban J connectivity index is 1.64. The average molecular weight is 411 g/mol. The second-order valence-electron chi connectivity index (χ2n) is 6.84. The molecule has 5 nitrogen and oxygen atoms in total. The lowest BCUT2D eigenvalue weighted by molar-refractivity contribution is 0.0913. The molecule has 0 aliphatic carbocycles. The summed E-state index contributed by atoms with van der Waals surface area (Å²) in [6, 6.07) is 19.9. The first-order valence-electron chi connectivity index (χ1n) is 9.41.